The van der Waals surface area contributed by atoms with Crippen LogP contribution in [-0.4, -0.2) is 27.4 Å². The van der Waals surface area contributed by atoms with Crippen molar-refractivity contribution in [1.82, 2.24) is 20.3 Å². The van der Waals surface area contributed by atoms with E-state index in [9.17, 15) is 4.79 Å². The number of amides is 1. The van der Waals surface area contributed by atoms with Crippen molar-refractivity contribution in [2.24, 2.45) is 5.92 Å². The van der Waals surface area contributed by atoms with Crippen LogP contribution in [-0.2, 0) is 0 Å². The van der Waals surface area contributed by atoms with E-state index in [1.165, 1.54) is 44.6 Å². The fourth-order valence-corrected chi connectivity index (χ4v) is 2.63. The highest BCUT2D eigenvalue weighted by atomic mass is 16.1. The summed E-state index contributed by atoms with van der Waals surface area (Å²) >= 11 is 0. The zero-order valence-corrected chi connectivity index (χ0v) is 12.9. The van der Waals surface area contributed by atoms with Crippen molar-refractivity contribution in [3.05, 3.63) is 35.7 Å². The van der Waals surface area contributed by atoms with E-state index in [2.05, 4.69) is 20.3 Å². The van der Waals surface area contributed by atoms with E-state index in [0.717, 1.165) is 17.9 Å². The Morgan fingerprint density at radius 2 is 2.05 bits per heavy atom. The van der Waals surface area contributed by atoms with E-state index < -0.39 is 0 Å². The molecular weight excluding hydrogens is 264 g/mol. The topological polar surface area (TPSA) is 70.7 Å². The van der Waals surface area contributed by atoms with E-state index in [0.29, 0.717) is 11.6 Å². The second-order valence-corrected chi connectivity index (χ2v) is 5.73. The number of carbonyl (C=O) groups excluding carboxylic acids is 1. The Hall–Kier alpha value is -1.91. The lowest BCUT2D eigenvalue weighted by molar-refractivity contribution is 0.0938. The molecule has 5 heteroatoms. The van der Waals surface area contributed by atoms with Crippen LogP contribution in [0.4, 0.5) is 0 Å². The molecule has 0 bridgehead atoms. The largest absolute Gasteiger partial charge is 0.350 e. The smallest absolute Gasteiger partial charge is 0.271 e. The molecule has 0 spiro atoms. The number of carbonyl (C=O) groups is 1. The van der Waals surface area contributed by atoms with Crippen LogP contribution < -0.4 is 5.32 Å². The van der Waals surface area contributed by atoms with Crippen molar-refractivity contribution in [2.45, 2.75) is 46.0 Å². The molecule has 0 aliphatic heterocycles. The minimum absolute atomic E-state index is 0.158. The van der Waals surface area contributed by atoms with Gasteiger partial charge in [0.2, 0.25) is 0 Å². The Labute approximate surface area is 125 Å². The number of nitrogens with one attached hydrogen (secondary N) is 2. The average molecular weight is 288 g/mol. The summed E-state index contributed by atoms with van der Waals surface area (Å²) < 4.78 is 0. The number of H-pyrrole nitrogens is 1. The summed E-state index contributed by atoms with van der Waals surface area (Å²) in [4.78, 5) is 23.6. The highest BCUT2D eigenvalue weighted by Crippen LogP contribution is 2.22. The zero-order valence-electron chi connectivity index (χ0n) is 12.9. The number of rotatable bonds is 3. The van der Waals surface area contributed by atoms with Gasteiger partial charge in [-0.2, -0.15) is 0 Å². The molecule has 21 heavy (non-hydrogen) atoms. The molecule has 1 aromatic rings. The average Bonchev–Trinajstić information content (AvgIpc) is 2.56. The van der Waals surface area contributed by atoms with Gasteiger partial charge >= 0.3 is 0 Å². The van der Waals surface area contributed by atoms with Crippen LogP contribution in [0.15, 0.2) is 18.6 Å². The van der Waals surface area contributed by atoms with Crippen molar-refractivity contribution >= 4 is 5.91 Å². The second-order valence-electron chi connectivity index (χ2n) is 5.73. The van der Waals surface area contributed by atoms with E-state index in [-0.39, 0.29) is 5.91 Å². The highest BCUT2D eigenvalue weighted by Gasteiger charge is 2.15. The van der Waals surface area contributed by atoms with Crippen LogP contribution in [0.2, 0.25) is 0 Å². The Bertz CT molecular complexity index is 531. The first-order valence-electron chi connectivity index (χ1n) is 7.65. The van der Waals surface area contributed by atoms with Crippen molar-refractivity contribution in [3.63, 3.8) is 0 Å². The molecule has 0 atom stereocenters. The third kappa shape index (κ3) is 5.17. The lowest BCUT2D eigenvalue weighted by Gasteiger charge is -2.21. The summed E-state index contributed by atoms with van der Waals surface area (Å²) in [5.74, 6) is 0.450. The highest BCUT2D eigenvalue weighted by molar-refractivity contribution is 5.91. The lowest BCUT2D eigenvalue weighted by atomic mass is 9.89. The van der Waals surface area contributed by atoms with Gasteiger partial charge in [-0.15, -0.1) is 0 Å². The molecule has 0 unspecified atom stereocenters. The fourth-order valence-electron chi connectivity index (χ4n) is 2.63. The van der Waals surface area contributed by atoms with E-state index in [4.69, 9.17) is 0 Å². The van der Waals surface area contributed by atoms with Gasteiger partial charge in [-0.1, -0.05) is 19.3 Å². The third-order valence-corrected chi connectivity index (χ3v) is 3.82. The van der Waals surface area contributed by atoms with Crippen molar-refractivity contribution in [3.8, 4) is 0 Å². The first-order chi connectivity index (χ1) is 10.1. The van der Waals surface area contributed by atoms with E-state index >= 15 is 0 Å². The van der Waals surface area contributed by atoms with Crippen LogP contribution in [0.5, 0.6) is 0 Å². The normalized spacial score (nSPS) is 15.3. The maximum atomic E-state index is 12.2. The minimum atomic E-state index is -0.158. The maximum absolute atomic E-state index is 12.2. The van der Waals surface area contributed by atoms with Gasteiger partial charge in [0.25, 0.3) is 5.91 Å². The summed E-state index contributed by atoms with van der Waals surface area (Å²) in [6.45, 7) is 4.56. The molecule has 1 amide bonds. The van der Waals surface area contributed by atoms with Gasteiger partial charge in [0.1, 0.15) is 5.69 Å². The minimum Gasteiger partial charge on any atom is -0.350 e. The summed E-state index contributed by atoms with van der Waals surface area (Å²) in [5, 5.41) is 2.98. The van der Waals surface area contributed by atoms with Gasteiger partial charge in [-0.3, -0.25) is 9.78 Å². The summed E-state index contributed by atoms with van der Waals surface area (Å²) in [6.07, 6.45) is 9.37. The van der Waals surface area contributed by atoms with Gasteiger partial charge in [0.15, 0.2) is 0 Å². The Morgan fingerprint density at radius 1 is 1.29 bits per heavy atom. The van der Waals surface area contributed by atoms with Crippen LogP contribution in [0.1, 0.15) is 54.0 Å². The first-order valence-corrected chi connectivity index (χ1v) is 7.65. The summed E-state index contributed by atoms with van der Waals surface area (Å²) in [6, 6.07) is 1.91. The van der Waals surface area contributed by atoms with Gasteiger partial charge < -0.3 is 10.3 Å². The van der Waals surface area contributed by atoms with E-state index in [1.807, 2.05) is 19.9 Å². The molecule has 1 aromatic heterocycles. The number of aromatic amines is 1. The van der Waals surface area contributed by atoms with Gasteiger partial charge in [-0.05, 0) is 38.7 Å². The van der Waals surface area contributed by atoms with Gasteiger partial charge in [-0.25, -0.2) is 4.98 Å². The molecule has 2 rings (SSSR count). The van der Waals surface area contributed by atoms with Crippen molar-refractivity contribution in [1.29, 1.82) is 0 Å². The van der Waals surface area contributed by atoms with Crippen LogP contribution >= 0.6 is 0 Å². The Balaban J connectivity index is 2.04. The standard InChI is InChI=1S/C16H24N4O/c1-12-8-13(2)19-11-20-15(10-17-12)16(21)18-9-14-6-4-3-5-7-14/h8,10-11,14H,3-7,9H2,1-2H3,(H,18,21)(H,19,20). The van der Waals surface area contributed by atoms with Crippen LogP contribution in [0, 0.1) is 19.8 Å². The quantitative estimate of drug-likeness (QED) is 0.898. The lowest BCUT2D eigenvalue weighted by Crippen LogP contribution is -2.30. The monoisotopic (exact) mass is 288 g/mol. The van der Waals surface area contributed by atoms with Crippen LogP contribution in [0.3, 0.4) is 0 Å². The van der Waals surface area contributed by atoms with Gasteiger partial charge in [0.05, 0.1) is 12.5 Å². The fraction of sp³-hybridized carbons (Fsp3) is 0.562. The molecule has 1 saturated carbocycles. The molecule has 1 heterocycles. The molecule has 114 valence electrons. The molecule has 0 aromatic carbocycles. The third-order valence-electron chi connectivity index (χ3n) is 3.82. The molecule has 0 saturated heterocycles. The number of hydrogen-bond acceptors (Lipinski definition) is 3. The van der Waals surface area contributed by atoms with Gasteiger partial charge in [0, 0.05) is 17.9 Å². The van der Waals surface area contributed by atoms with Crippen molar-refractivity contribution < 1.29 is 4.79 Å². The molecule has 1 aliphatic carbocycles. The number of aromatic nitrogens is 3. The molecule has 5 nitrogen and oxygen atoms in total. The first kappa shape index (κ1) is 15.5. The summed E-state index contributed by atoms with van der Waals surface area (Å²) in [7, 11) is 0. The Morgan fingerprint density at radius 3 is 2.81 bits per heavy atom. The molecule has 1 fully saturated rings. The molecular formula is C16H24N4O. The maximum Gasteiger partial charge on any atom is 0.271 e. The second kappa shape index (κ2) is 7.76. The number of aryl methyl sites for hydroxylation is 2. The molecule has 2 N–H and O–H groups in total. The SMILES string of the molecule is Cc1cc(C)[nH]cnc(C(=O)NCC2CCCCC2)cn1. The number of hydrogen-bond donors (Lipinski definition) is 2. The number of nitrogens with zero attached hydrogens (tertiary/aromatic N) is 2. The van der Waals surface area contributed by atoms with E-state index in [1.54, 1.807) is 0 Å². The van der Waals surface area contributed by atoms with Crippen molar-refractivity contribution in [2.75, 3.05) is 6.54 Å². The Kier molecular flexibility index (Phi) is 5.72. The molecule has 0 radical (unpaired) electrons. The predicted molar refractivity (Wildman–Crippen MR) is 82.4 cm³/mol. The molecule has 1 aliphatic rings. The summed E-state index contributed by atoms with van der Waals surface area (Å²) in [5.41, 5.74) is 2.11. The zero-order chi connectivity index (χ0) is 15.1. The van der Waals surface area contributed by atoms with Crippen LogP contribution in [0.25, 0.3) is 0 Å². The predicted octanol–water partition coefficient (Wildman–Crippen LogP) is 2.86.